The van der Waals surface area contributed by atoms with Gasteiger partial charge in [0.1, 0.15) is 11.6 Å². The monoisotopic (exact) mass is 344 g/mol. The molecule has 1 aromatic heterocycles. The Bertz CT molecular complexity index is 690. The molecule has 1 saturated heterocycles. The van der Waals surface area contributed by atoms with E-state index in [9.17, 15) is 9.50 Å². The number of nitrogens with one attached hydrogen (secondary N) is 1. The number of aliphatic hydroxyl groups excluding tert-OH is 1. The second kappa shape index (κ2) is 8.25. The lowest BCUT2D eigenvalue weighted by Crippen LogP contribution is -2.40. The second-order valence-electron chi connectivity index (χ2n) is 6.38. The number of hydrogen-bond donors (Lipinski definition) is 2. The van der Waals surface area contributed by atoms with Gasteiger partial charge < -0.3 is 15.3 Å². The third-order valence-corrected chi connectivity index (χ3v) is 4.61. The summed E-state index contributed by atoms with van der Waals surface area (Å²) >= 11 is 0. The number of anilines is 3. The summed E-state index contributed by atoms with van der Waals surface area (Å²) in [5.74, 6) is 1.15. The van der Waals surface area contributed by atoms with Gasteiger partial charge in [0.2, 0.25) is 5.95 Å². The second-order valence-corrected chi connectivity index (χ2v) is 6.38. The van der Waals surface area contributed by atoms with Crippen LogP contribution in [0.25, 0.3) is 0 Å². The van der Waals surface area contributed by atoms with E-state index in [2.05, 4.69) is 27.1 Å². The van der Waals surface area contributed by atoms with E-state index < -0.39 is 0 Å². The van der Waals surface area contributed by atoms with E-state index in [0.717, 1.165) is 49.4 Å². The summed E-state index contributed by atoms with van der Waals surface area (Å²) in [5.41, 5.74) is 1.72. The first kappa shape index (κ1) is 17.6. The molecule has 5 nitrogen and oxygen atoms in total. The van der Waals surface area contributed by atoms with E-state index >= 15 is 0 Å². The average molecular weight is 344 g/mol. The molecule has 1 aliphatic heterocycles. The number of aliphatic hydroxyl groups is 1. The number of nitrogens with zero attached hydrogens (tertiary/aromatic N) is 3. The third-order valence-electron chi connectivity index (χ3n) is 4.61. The highest BCUT2D eigenvalue weighted by Crippen LogP contribution is 2.27. The molecule has 1 aromatic carbocycles. The normalized spacial score (nSPS) is 17.6. The van der Waals surface area contributed by atoms with E-state index in [-0.39, 0.29) is 12.4 Å². The van der Waals surface area contributed by atoms with Crippen molar-refractivity contribution in [3.05, 3.63) is 41.8 Å². The Hall–Kier alpha value is -2.21. The number of piperidine rings is 1. The predicted octanol–water partition coefficient (Wildman–Crippen LogP) is 3.66. The fourth-order valence-electron chi connectivity index (χ4n) is 3.28. The Balaban J connectivity index is 1.87. The summed E-state index contributed by atoms with van der Waals surface area (Å²) in [6, 6.07) is 8.52. The van der Waals surface area contributed by atoms with Crippen molar-refractivity contribution in [1.29, 1.82) is 0 Å². The van der Waals surface area contributed by atoms with Crippen molar-refractivity contribution in [2.45, 2.75) is 45.1 Å². The molecular weight excluding hydrogens is 319 g/mol. The van der Waals surface area contributed by atoms with Gasteiger partial charge in [0.15, 0.2) is 0 Å². The van der Waals surface area contributed by atoms with Crippen molar-refractivity contribution in [3.63, 3.8) is 0 Å². The molecule has 1 aliphatic rings. The van der Waals surface area contributed by atoms with Gasteiger partial charge in [-0.05, 0) is 56.4 Å². The van der Waals surface area contributed by atoms with Crippen molar-refractivity contribution in [2.75, 3.05) is 23.4 Å². The Morgan fingerprint density at radius 2 is 2.04 bits per heavy atom. The molecule has 3 rings (SSSR count). The van der Waals surface area contributed by atoms with Crippen LogP contribution in [0.3, 0.4) is 0 Å². The molecule has 0 saturated carbocycles. The van der Waals surface area contributed by atoms with E-state index in [0.29, 0.717) is 12.0 Å². The molecule has 0 spiro atoms. The van der Waals surface area contributed by atoms with Gasteiger partial charge in [0.25, 0.3) is 0 Å². The zero-order valence-corrected chi connectivity index (χ0v) is 14.6. The molecule has 1 fully saturated rings. The minimum Gasteiger partial charge on any atom is -0.396 e. The van der Waals surface area contributed by atoms with Crippen LogP contribution >= 0.6 is 0 Å². The lowest BCUT2D eigenvalue weighted by Gasteiger charge is -2.36. The number of rotatable bonds is 6. The van der Waals surface area contributed by atoms with E-state index in [1.54, 1.807) is 12.1 Å². The lowest BCUT2D eigenvalue weighted by atomic mass is 9.99. The molecule has 0 bridgehead atoms. The van der Waals surface area contributed by atoms with E-state index in [1.807, 2.05) is 6.07 Å². The maximum atomic E-state index is 13.1. The van der Waals surface area contributed by atoms with Gasteiger partial charge in [0.05, 0.1) is 0 Å². The molecule has 2 N–H and O–H groups in total. The number of halogens is 1. The molecule has 1 atom stereocenters. The highest BCUT2D eigenvalue weighted by atomic mass is 19.1. The first-order chi connectivity index (χ1) is 12.2. The first-order valence-electron chi connectivity index (χ1n) is 8.97. The van der Waals surface area contributed by atoms with Crippen molar-refractivity contribution in [1.82, 2.24) is 9.97 Å². The topological polar surface area (TPSA) is 61.3 Å². The molecular formula is C19H25FN4O. The van der Waals surface area contributed by atoms with E-state index in [4.69, 9.17) is 0 Å². The Morgan fingerprint density at radius 1 is 1.24 bits per heavy atom. The first-order valence-corrected chi connectivity index (χ1v) is 8.97. The number of aryl methyl sites for hydroxylation is 1. The molecule has 2 aromatic rings. The largest absolute Gasteiger partial charge is 0.396 e. The van der Waals surface area contributed by atoms with Crippen LogP contribution in [0.1, 0.15) is 38.3 Å². The maximum absolute atomic E-state index is 13.1. The summed E-state index contributed by atoms with van der Waals surface area (Å²) < 4.78 is 13.1. The predicted molar refractivity (Wildman–Crippen MR) is 97.8 cm³/mol. The van der Waals surface area contributed by atoms with Crippen molar-refractivity contribution in [2.24, 2.45) is 0 Å². The molecule has 2 heterocycles. The summed E-state index contributed by atoms with van der Waals surface area (Å²) in [6.45, 7) is 3.20. The molecule has 1 unspecified atom stereocenters. The molecule has 25 heavy (non-hydrogen) atoms. The van der Waals surface area contributed by atoms with Gasteiger partial charge in [-0.3, -0.25) is 0 Å². The van der Waals surface area contributed by atoms with Crippen LogP contribution in [0.4, 0.5) is 21.8 Å². The van der Waals surface area contributed by atoms with E-state index in [1.165, 1.54) is 18.6 Å². The van der Waals surface area contributed by atoms with Crippen molar-refractivity contribution >= 4 is 17.5 Å². The highest BCUT2D eigenvalue weighted by Gasteiger charge is 2.24. The van der Waals surface area contributed by atoms with Gasteiger partial charge in [0, 0.05) is 36.6 Å². The number of aromatic nitrogens is 2. The summed E-state index contributed by atoms with van der Waals surface area (Å²) in [4.78, 5) is 11.5. The maximum Gasteiger partial charge on any atom is 0.229 e. The summed E-state index contributed by atoms with van der Waals surface area (Å²) in [5, 5.41) is 12.5. The minimum absolute atomic E-state index is 0.188. The molecule has 0 aliphatic carbocycles. The number of hydrogen-bond acceptors (Lipinski definition) is 5. The van der Waals surface area contributed by atoms with Crippen LogP contribution in [-0.2, 0) is 6.42 Å². The molecule has 134 valence electrons. The molecule has 0 radical (unpaired) electrons. The van der Waals surface area contributed by atoms with Crippen LogP contribution < -0.4 is 10.2 Å². The smallest absolute Gasteiger partial charge is 0.229 e. The Kier molecular flexibility index (Phi) is 5.81. The van der Waals surface area contributed by atoms with Gasteiger partial charge in [-0.2, -0.15) is 4.98 Å². The summed E-state index contributed by atoms with van der Waals surface area (Å²) in [7, 11) is 0. The zero-order valence-electron chi connectivity index (χ0n) is 14.6. The van der Waals surface area contributed by atoms with Crippen molar-refractivity contribution in [3.8, 4) is 0 Å². The highest BCUT2D eigenvalue weighted by molar-refractivity contribution is 5.56. The average Bonchev–Trinajstić information content (AvgIpc) is 2.64. The van der Waals surface area contributed by atoms with Gasteiger partial charge in [-0.1, -0.05) is 6.92 Å². The standard InChI is InChI=1S/C19H25FN4O/c1-2-15-13-18(24-11-4-3-5-17(24)10-12-25)23-19(21-15)22-16-8-6-14(20)7-9-16/h6-9,13,17,25H,2-5,10-12H2,1H3,(H,21,22,23). The Morgan fingerprint density at radius 3 is 2.76 bits per heavy atom. The van der Waals surface area contributed by atoms with Crippen LogP contribution in [0.2, 0.25) is 0 Å². The van der Waals surface area contributed by atoms with Gasteiger partial charge in [-0.25, -0.2) is 9.37 Å². The molecule has 0 amide bonds. The molecule has 6 heteroatoms. The fraction of sp³-hybridized carbons (Fsp3) is 0.474. The van der Waals surface area contributed by atoms with Gasteiger partial charge >= 0.3 is 0 Å². The van der Waals surface area contributed by atoms with Crippen LogP contribution in [0.5, 0.6) is 0 Å². The quantitative estimate of drug-likeness (QED) is 0.837. The van der Waals surface area contributed by atoms with Crippen LogP contribution in [0, 0.1) is 5.82 Å². The fourth-order valence-corrected chi connectivity index (χ4v) is 3.28. The number of benzene rings is 1. The lowest BCUT2D eigenvalue weighted by molar-refractivity contribution is 0.262. The third kappa shape index (κ3) is 4.45. The van der Waals surface area contributed by atoms with Gasteiger partial charge in [-0.15, -0.1) is 0 Å². The zero-order chi connectivity index (χ0) is 17.6. The van der Waals surface area contributed by atoms with Crippen molar-refractivity contribution < 1.29 is 9.50 Å². The summed E-state index contributed by atoms with van der Waals surface area (Å²) in [6.07, 6.45) is 4.97. The van der Waals surface area contributed by atoms with Crippen LogP contribution in [-0.4, -0.2) is 34.3 Å². The Labute approximate surface area is 147 Å². The van der Waals surface area contributed by atoms with Crippen LogP contribution in [0.15, 0.2) is 30.3 Å². The minimum atomic E-state index is -0.269. The SMILES string of the molecule is CCc1cc(N2CCCCC2CCO)nc(Nc2ccc(F)cc2)n1.